The Morgan fingerprint density at radius 3 is 2.82 bits per heavy atom. The highest BCUT2D eigenvalue weighted by molar-refractivity contribution is 8.00. The average Bonchev–Trinajstić information content (AvgIpc) is 3.44. The Hall–Kier alpha value is -2.82. The lowest BCUT2D eigenvalue weighted by Gasteiger charge is -2.14. The molecule has 0 fully saturated rings. The summed E-state index contributed by atoms with van der Waals surface area (Å²) in [6.45, 7) is 2.03. The van der Waals surface area contributed by atoms with Gasteiger partial charge in [0.05, 0.1) is 39.4 Å². The third kappa shape index (κ3) is 4.50. The molecule has 33 heavy (non-hydrogen) atoms. The molecule has 0 atom stereocenters. The van der Waals surface area contributed by atoms with Gasteiger partial charge in [0.2, 0.25) is 5.91 Å². The van der Waals surface area contributed by atoms with Crippen LogP contribution in [0.15, 0.2) is 57.3 Å². The summed E-state index contributed by atoms with van der Waals surface area (Å²) >= 11 is 4.22. The van der Waals surface area contributed by atoms with Crippen molar-refractivity contribution in [2.24, 2.45) is 0 Å². The summed E-state index contributed by atoms with van der Waals surface area (Å²) in [5.74, 6) is 1.46. The summed E-state index contributed by atoms with van der Waals surface area (Å²) in [4.78, 5) is 35.8. The lowest BCUT2D eigenvalue weighted by atomic mass is 10.2. The van der Waals surface area contributed by atoms with Gasteiger partial charge in [-0.2, -0.15) is 0 Å². The predicted octanol–water partition coefficient (Wildman–Crippen LogP) is 4.54. The van der Waals surface area contributed by atoms with E-state index in [2.05, 4.69) is 16.4 Å². The van der Waals surface area contributed by atoms with Gasteiger partial charge in [-0.25, -0.2) is 9.97 Å². The van der Waals surface area contributed by atoms with Crippen molar-refractivity contribution in [2.45, 2.75) is 23.4 Å². The maximum absolute atomic E-state index is 13.2. The second-order valence-electron chi connectivity index (χ2n) is 7.43. The number of anilines is 1. The molecule has 1 aliphatic rings. The van der Waals surface area contributed by atoms with Crippen molar-refractivity contribution >= 4 is 56.1 Å². The molecular formula is C23H20N4O3S3. The van der Waals surface area contributed by atoms with Gasteiger partial charge in [-0.1, -0.05) is 29.2 Å². The largest absolute Gasteiger partial charge is 0.497 e. The molecule has 2 aromatic heterocycles. The van der Waals surface area contributed by atoms with Crippen molar-refractivity contribution in [1.82, 2.24) is 14.5 Å². The van der Waals surface area contributed by atoms with E-state index in [4.69, 9.17) is 9.72 Å². The van der Waals surface area contributed by atoms with Crippen LogP contribution in [0.5, 0.6) is 5.75 Å². The third-order valence-electron chi connectivity index (χ3n) is 5.12. The van der Waals surface area contributed by atoms with Gasteiger partial charge in [-0.3, -0.25) is 14.2 Å². The lowest BCUT2D eigenvalue weighted by Crippen LogP contribution is -2.24. The number of fused-ring (bicyclic) bond motifs is 2. The Morgan fingerprint density at radius 2 is 2.03 bits per heavy atom. The number of thiazole rings is 1. The number of ether oxygens (including phenoxy) is 1. The van der Waals surface area contributed by atoms with E-state index < -0.39 is 0 Å². The summed E-state index contributed by atoms with van der Waals surface area (Å²) in [5, 5.41) is 3.94. The van der Waals surface area contributed by atoms with Gasteiger partial charge < -0.3 is 10.1 Å². The number of rotatable bonds is 6. The van der Waals surface area contributed by atoms with Gasteiger partial charge in [-0.15, -0.1) is 11.8 Å². The quantitative estimate of drug-likeness (QED) is 0.310. The number of nitrogens with zero attached hydrogens (tertiary/aromatic N) is 3. The fourth-order valence-corrected chi connectivity index (χ4v) is 6.35. The number of thioether (sulfide) groups is 2. The van der Waals surface area contributed by atoms with E-state index in [1.807, 2.05) is 31.2 Å². The molecule has 0 bridgehead atoms. The molecule has 1 aliphatic heterocycles. The number of carbonyl (C=O) groups is 1. The first kappa shape index (κ1) is 22.0. The van der Waals surface area contributed by atoms with Crippen molar-refractivity contribution in [3.05, 3.63) is 64.1 Å². The zero-order valence-corrected chi connectivity index (χ0v) is 20.4. The number of hydrogen-bond acceptors (Lipinski definition) is 8. The van der Waals surface area contributed by atoms with Crippen LogP contribution >= 0.6 is 34.9 Å². The lowest BCUT2D eigenvalue weighted by molar-refractivity contribution is -0.113. The molecule has 168 valence electrons. The van der Waals surface area contributed by atoms with E-state index in [9.17, 15) is 9.59 Å². The minimum absolute atomic E-state index is 0.0999. The smallest absolute Gasteiger partial charge is 0.272 e. The Labute approximate surface area is 202 Å². The van der Waals surface area contributed by atoms with Gasteiger partial charge in [0.1, 0.15) is 5.75 Å². The van der Waals surface area contributed by atoms with Crippen LogP contribution in [0.2, 0.25) is 0 Å². The molecule has 0 saturated carbocycles. The topological polar surface area (TPSA) is 86.1 Å². The second kappa shape index (κ2) is 9.20. The van der Waals surface area contributed by atoms with Gasteiger partial charge in [0.25, 0.3) is 5.56 Å². The van der Waals surface area contributed by atoms with Gasteiger partial charge in [0.15, 0.2) is 10.3 Å². The van der Waals surface area contributed by atoms with Crippen LogP contribution in [-0.2, 0) is 11.2 Å². The molecule has 1 N–H and O–H groups in total. The number of aromatic nitrogens is 3. The molecular weight excluding hydrogens is 476 g/mol. The Balaban J connectivity index is 1.39. The number of nitrogens with one attached hydrogen (secondary N) is 1. The second-order valence-corrected chi connectivity index (χ2v) is 10.5. The van der Waals surface area contributed by atoms with Crippen molar-refractivity contribution in [3.8, 4) is 11.4 Å². The highest BCUT2D eigenvalue weighted by Crippen LogP contribution is 2.31. The van der Waals surface area contributed by atoms with Crippen LogP contribution in [0.25, 0.3) is 15.9 Å². The summed E-state index contributed by atoms with van der Waals surface area (Å²) < 4.78 is 7.84. The number of amides is 1. The highest BCUT2D eigenvalue weighted by atomic mass is 32.2. The van der Waals surface area contributed by atoms with E-state index in [0.717, 1.165) is 33.6 Å². The van der Waals surface area contributed by atoms with E-state index in [0.29, 0.717) is 26.6 Å². The SMILES string of the molecule is COc1ccc(-n2c(SCC(=O)Nc3nc4ccc(C)cc4s3)nc3c(c2=O)SCC3)cc1. The molecule has 5 rings (SSSR count). The van der Waals surface area contributed by atoms with Crippen molar-refractivity contribution in [3.63, 3.8) is 0 Å². The van der Waals surface area contributed by atoms with Crippen LogP contribution in [-0.4, -0.2) is 39.1 Å². The number of carbonyl (C=O) groups excluding carboxylic acids is 1. The molecule has 10 heteroatoms. The molecule has 7 nitrogen and oxygen atoms in total. The first-order valence-corrected chi connectivity index (χ1v) is 13.0. The minimum Gasteiger partial charge on any atom is -0.497 e. The van der Waals surface area contributed by atoms with E-state index in [-0.39, 0.29) is 17.2 Å². The van der Waals surface area contributed by atoms with Crippen molar-refractivity contribution in [1.29, 1.82) is 0 Å². The molecule has 0 radical (unpaired) electrons. The summed E-state index contributed by atoms with van der Waals surface area (Å²) in [6, 6.07) is 13.3. The predicted molar refractivity (Wildman–Crippen MR) is 135 cm³/mol. The maximum atomic E-state index is 13.2. The Bertz CT molecular complexity index is 1410. The average molecular weight is 497 g/mol. The molecule has 0 aliphatic carbocycles. The molecule has 4 aromatic rings. The van der Waals surface area contributed by atoms with Crippen LogP contribution in [0.3, 0.4) is 0 Å². The van der Waals surface area contributed by atoms with Crippen LogP contribution in [0.4, 0.5) is 5.13 Å². The van der Waals surface area contributed by atoms with Crippen LogP contribution in [0.1, 0.15) is 11.3 Å². The minimum atomic E-state index is -0.193. The zero-order valence-electron chi connectivity index (χ0n) is 18.0. The van der Waals surface area contributed by atoms with E-state index in [1.165, 1.54) is 34.9 Å². The Morgan fingerprint density at radius 1 is 1.21 bits per heavy atom. The summed E-state index contributed by atoms with van der Waals surface area (Å²) in [6.07, 6.45) is 0.754. The summed E-state index contributed by atoms with van der Waals surface area (Å²) in [7, 11) is 1.60. The van der Waals surface area contributed by atoms with Crippen molar-refractivity contribution in [2.75, 3.05) is 23.9 Å². The summed E-state index contributed by atoms with van der Waals surface area (Å²) in [5.41, 5.74) is 3.40. The van der Waals surface area contributed by atoms with Crippen LogP contribution < -0.4 is 15.6 Å². The number of methoxy groups -OCH3 is 1. The third-order valence-corrected chi connectivity index (χ3v) is 8.10. The first-order chi connectivity index (χ1) is 16.0. The monoisotopic (exact) mass is 496 g/mol. The molecule has 3 heterocycles. The van der Waals surface area contributed by atoms with E-state index in [1.54, 1.807) is 23.8 Å². The van der Waals surface area contributed by atoms with Crippen LogP contribution in [0, 0.1) is 6.92 Å². The highest BCUT2D eigenvalue weighted by Gasteiger charge is 2.23. The zero-order chi connectivity index (χ0) is 22.9. The standard InChI is InChI=1S/C23H20N4O3S3/c1-13-3-8-16-18(11-13)33-22(24-16)26-19(28)12-32-23-25-17-9-10-31-20(17)21(29)27(23)14-4-6-15(30-2)7-5-14/h3-8,11H,9-10,12H2,1-2H3,(H,24,26,28). The number of hydrogen-bond donors (Lipinski definition) is 1. The molecule has 0 unspecified atom stereocenters. The van der Waals surface area contributed by atoms with Gasteiger partial charge in [0, 0.05) is 12.2 Å². The van der Waals surface area contributed by atoms with E-state index >= 15 is 0 Å². The normalized spacial score (nSPS) is 12.7. The molecule has 0 spiro atoms. The molecule has 0 saturated heterocycles. The fourth-order valence-electron chi connectivity index (χ4n) is 3.52. The van der Waals surface area contributed by atoms with Crippen molar-refractivity contribution < 1.29 is 9.53 Å². The van der Waals surface area contributed by atoms with Gasteiger partial charge >= 0.3 is 0 Å². The van der Waals surface area contributed by atoms with Gasteiger partial charge in [-0.05, 0) is 48.9 Å². The molecule has 1 amide bonds. The Kier molecular flexibility index (Phi) is 6.13. The number of aryl methyl sites for hydroxylation is 2. The fraction of sp³-hybridized carbons (Fsp3) is 0.217. The first-order valence-electron chi connectivity index (χ1n) is 10.2. The maximum Gasteiger partial charge on any atom is 0.272 e. The molecule has 2 aromatic carbocycles. The number of benzene rings is 2.